The van der Waals surface area contributed by atoms with Crippen LogP contribution in [0.5, 0.6) is 5.75 Å². The molecule has 2 rings (SSSR count). The lowest BCUT2D eigenvalue weighted by Crippen LogP contribution is -2.52. The molecule has 0 fully saturated rings. The Morgan fingerprint density at radius 3 is 2.42 bits per heavy atom. The number of anilines is 1. The molecule has 0 aliphatic heterocycles. The minimum absolute atomic E-state index is 0.0239. The molecule has 13 heteroatoms. The summed E-state index contributed by atoms with van der Waals surface area (Å²) < 4.78 is 31.6. The molecule has 11 nitrogen and oxygen atoms in total. The van der Waals surface area contributed by atoms with E-state index in [1.807, 2.05) is 6.92 Å². The van der Waals surface area contributed by atoms with Crippen molar-refractivity contribution in [1.29, 1.82) is 0 Å². The lowest BCUT2D eigenvalue weighted by atomic mass is 10.1. The number of sulfonamides is 1. The van der Waals surface area contributed by atoms with Crippen LogP contribution in [0.15, 0.2) is 42.5 Å². The summed E-state index contributed by atoms with van der Waals surface area (Å²) in [4.78, 5) is 38.8. The Morgan fingerprint density at radius 2 is 1.87 bits per heavy atom. The minimum atomic E-state index is -4.12. The number of amides is 2. The Balaban J connectivity index is 2.54. The predicted octanol–water partition coefficient (Wildman–Crippen LogP) is 3.75. The van der Waals surface area contributed by atoms with E-state index in [4.69, 9.17) is 16.3 Å². The molecule has 0 saturated heterocycles. The highest BCUT2D eigenvalue weighted by atomic mass is 35.5. The number of halogens is 1. The molecule has 0 radical (unpaired) electrons. The first kappa shape index (κ1) is 30.8. The molecular weight excluding hydrogens is 536 g/mol. The zero-order valence-corrected chi connectivity index (χ0v) is 23.4. The van der Waals surface area contributed by atoms with Crippen LogP contribution in [-0.4, -0.2) is 62.6 Å². The molecule has 0 aliphatic rings. The maximum atomic E-state index is 13.8. The molecule has 0 heterocycles. The third-order valence-electron chi connectivity index (χ3n) is 5.84. The summed E-state index contributed by atoms with van der Waals surface area (Å²) in [6.07, 6.45) is 2.77. The van der Waals surface area contributed by atoms with Gasteiger partial charge < -0.3 is 15.0 Å². The van der Waals surface area contributed by atoms with Crippen LogP contribution in [0.4, 0.5) is 11.4 Å². The Kier molecular flexibility index (Phi) is 11.3. The summed E-state index contributed by atoms with van der Waals surface area (Å²) in [6.45, 7) is 3.38. The average molecular weight is 569 g/mol. The van der Waals surface area contributed by atoms with Crippen molar-refractivity contribution in [2.24, 2.45) is 0 Å². The second kappa shape index (κ2) is 14.0. The number of methoxy groups -OCH3 is 1. The number of ether oxygens (including phenoxy) is 1. The van der Waals surface area contributed by atoms with E-state index < -0.39 is 33.4 Å². The summed E-state index contributed by atoms with van der Waals surface area (Å²) in [5.74, 6) is -1.04. The summed E-state index contributed by atoms with van der Waals surface area (Å²) in [7, 11) is -2.83. The molecule has 1 atom stereocenters. The monoisotopic (exact) mass is 568 g/mol. The topological polar surface area (TPSA) is 139 Å². The van der Waals surface area contributed by atoms with E-state index in [9.17, 15) is 28.1 Å². The molecule has 0 saturated carbocycles. The van der Waals surface area contributed by atoms with Gasteiger partial charge in [0.15, 0.2) is 0 Å². The second-order valence-electron chi connectivity index (χ2n) is 8.56. The molecular formula is C25H33ClN4O7S. The van der Waals surface area contributed by atoms with E-state index in [0.717, 1.165) is 29.5 Å². The first-order valence-corrected chi connectivity index (χ1v) is 14.3. The Hall–Kier alpha value is -3.38. The van der Waals surface area contributed by atoms with Gasteiger partial charge in [-0.05, 0) is 30.5 Å². The van der Waals surface area contributed by atoms with Crippen molar-refractivity contribution in [2.45, 2.75) is 45.7 Å². The van der Waals surface area contributed by atoms with E-state index in [2.05, 4.69) is 5.32 Å². The van der Waals surface area contributed by atoms with Gasteiger partial charge in [0.1, 0.15) is 24.0 Å². The number of nitrogens with zero attached hydrogens (tertiary/aromatic N) is 3. The smallest absolute Gasteiger partial charge is 0.271 e. The van der Waals surface area contributed by atoms with Crippen LogP contribution < -0.4 is 14.4 Å². The van der Waals surface area contributed by atoms with Crippen LogP contribution in [-0.2, 0) is 26.2 Å². The number of nitrogens with one attached hydrogen (secondary N) is 1. The highest BCUT2D eigenvalue weighted by Gasteiger charge is 2.33. The third-order valence-corrected chi connectivity index (χ3v) is 7.33. The van der Waals surface area contributed by atoms with Gasteiger partial charge in [0.05, 0.1) is 18.3 Å². The van der Waals surface area contributed by atoms with Gasteiger partial charge in [-0.1, -0.05) is 50.1 Å². The number of nitro benzene ring substituents is 1. The van der Waals surface area contributed by atoms with Gasteiger partial charge >= 0.3 is 0 Å². The lowest BCUT2D eigenvalue weighted by molar-refractivity contribution is -0.384. The Labute approximate surface area is 227 Å². The fraction of sp³-hybridized carbons (Fsp3) is 0.440. The fourth-order valence-electron chi connectivity index (χ4n) is 3.82. The second-order valence-corrected chi connectivity index (χ2v) is 10.9. The molecule has 1 N–H and O–H groups in total. The lowest BCUT2D eigenvalue weighted by Gasteiger charge is -2.33. The summed E-state index contributed by atoms with van der Waals surface area (Å²) in [6, 6.07) is 9.37. The SMILES string of the molecule is CCCCNC(=O)[C@@H](CC)N(Cc1ccccc1Cl)C(=O)CN(c1cc([N+](=O)[O-])ccc1OC)S(C)(=O)=O. The molecule has 2 amide bonds. The van der Waals surface area contributed by atoms with E-state index in [1.54, 1.807) is 31.2 Å². The average Bonchev–Trinajstić information content (AvgIpc) is 2.87. The standard InChI is InChI=1S/C25H33ClN4O7S/c1-5-7-14-27-25(32)21(6-2)28(16-18-10-8-9-11-20(18)26)24(31)17-29(38(4,35)36)22-15-19(30(33)34)12-13-23(22)37-3/h8-13,15,21H,5-7,14,16-17H2,1-4H3,(H,27,32)/t21-/m1/s1. The van der Waals surface area contributed by atoms with Crippen molar-refractivity contribution in [3.63, 3.8) is 0 Å². The largest absolute Gasteiger partial charge is 0.495 e. The van der Waals surface area contributed by atoms with Gasteiger partial charge in [0.25, 0.3) is 5.69 Å². The highest BCUT2D eigenvalue weighted by Crippen LogP contribution is 2.34. The Bertz CT molecular complexity index is 1260. The summed E-state index contributed by atoms with van der Waals surface area (Å²) in [5.41, 5.74) is 0.0217. The van der Waals surface area contributed by atoms with E-state index >= 15 is 0 Å². The molecule has 0 aliphatic carbocycles. The molecule has 0 unspecified atom stereocenters. The summed E-state index contributed by atoms with van der Waals surface area (Å²) in [5, 5.41) is 14.6. The zero-order chi connectivity index (χ0) is 28.5. The van der Waals surface area contributed by atoms with Crippen LogP contribution in [0.3, 0.4) is 0 Å². The minimum Gasteiger partial charge on any atom is -0.495 e. The normalized spacial score (nSPS) is 11.9. The molecule has 0 bridgehead atoms. The quantitative estimate of drug-likeness (QED) is 0.208. The highest BCUT2D eigenvalue weighted by molar-refractivity contribution is 7.92. The number of hydrogen-bond donors (Lipinski definition) is 1. The van der Waals surface area contributed by atoms with Gasteiger partial charge in [-0.3, -0.25) is 24.0 Å². The van der Waals surface area contributed by atoms with Crippen LogP contribution >= 0.6 is 11.6 Å². The number of hydrogen-bond acceptors (Lipinski definition) is 7. The maximum absolute atomic E-state index is 13.8. The van der Waals surface area contributed by atoms with Crippen molar-refractivity contribution in [3.8, 4) is 5.75 Å². The molecule has 2 aromatic rings. The predicted molar refractivity (Wildman–Crippen MR) is 146 cm³/mol. The van der Waals surface area contributed by atoms with Crippen LogP contribution in [0, 0.1) is 10.1 Å². The van der Waals surface area contributed by atoms with E-state index in [-0.39, 0.29) is 36.0 Å². The van der Waals surface area contributed by atoms with Gasteiger partial charge in [-0.2, -0.15) is 0 Å². The molecule has 0 aromatic heterocycles. The van der Waals surface area contributed by atoms with Gasteiger partial charge in [-0.15, -0.1) is 0 Å². The van der Waals surface area contributed by atoms with Crippen molar-refractivity contribution < 1.29 is 27.7 Å². The number of nitro groups is 1. The van der Waals surface area contributed by atoms with Crippen molar-refractivity contribution >= 4 is 44.8 Å². The van der Waals surface area contributed by atoms with E-state index in [0.29, 0.717) is 17.1 Å². The van der Waals surface area contributed by atoms with Gasteiger partial charge in [-0.25, -0.2) is 8.42 Å². The maximum Gasteiger partial charge on any atom is 0.271 e. The number of unbranched alkanes of at least 4 members (excludes halogenated alkanes) is 1. The number of non-ortho nitro benzene ring substituents is 1. The zero-order valence-electron chi connectivity index (χ0n) is 21.8. The van der Waals surface area contributed by atoms with Crippen molar-refractivity contribution in [1.82, 2.24) is 10.2 Å². The van der Waals surface area contributed by atoms with Gasteiger partial charge in [0, 0.05) is 30.2 Å². The third kappa shape index (κ3) is 8.06. The Morgan fingerprint density at radius 1 is 1.18 bits per heavy atom. The van der Waals surface area contributed by atoms with Crippen LogP contribution in [0.25, 0.3) is 0 Å². The van der Waals surface area contributed by atoms with Gasteiger partial charge in [0.2, 0.25) is 21.8 Å². The molecule has 38 heavy (non-hydrogen) atoms. The van der Waals surface area contributed by atoms with Crippen molar-refractivity contribution in [2.75, 3.05) is 30.8 Å². The number of benzene rings is 2. The van der Waals surface area contributed by atoms with E-state index in [1.165, 1.54) is 24.1 Å². The van der Waals surface area contributed by atoms with Crippen LogP contribution in [0.2, 0.25) is 5.02 Å². The molecule has 2 aromatic carbocycles. The number of carbonyl (C=O) groups excluding carboxylic acids is 2. The molecule has 208 valence electrons. The van der Waals surface area contributed by atoms with Crippen LogP contribution in [0.1, 0.15) is 38.7 Å². The van der Waals surface area contributed by atoms with Crippen molar-refractivity contribution in [3.05, 3.63) is 63.2 Å². The first-order valence-electron chi connectivity index (χ1n) is 12.0. The number of rotatable bonds is 14. The molecule has 0 spiro atoms. The fourth-order valence-corrected chi connectivity index (χ4v) is 4.86. The number of carbonyl (C=O) groups is 2. The first-order chi connectivity index (χ1) is 17.9. The summed E-state index contributed by atoms with van der Waals surface area (Å²) >= 11 is 6.34.